The van der Waals surface area contributed by atoms with Crippen molar-refractivity contribution in [1.29, 1.82) is 0 Å². The summed E-state index contributed by atoms with van der Waals surface area (Å²) in [5.74, 6) is -0.432. The molecule has 1 aliphatic heterocycles. The quantitative estimate of drug-likeness (QED) is 0.570. The Hall–Kier alpha value is -1.14. The molecule has 3 unspecified atom stereocenters. The van der Waals surface area contributed by atoms with Crippen molar-refractivity contribution < 1.29 is 14.7 Å². The summed E-state index contributed by atoms with van der Waals surface area (Å²) >= 11 is 0. The first-order valence-corrected chi connectivity index (χ1v) is 5.84. The standard InChI is InChI=1S/C11H21N3O3/c1-7(15)9-3-10(13-8(2)16)5-14(4-9)6-11(12)17/h7,9-10,15H,3-6H2,1-2H3,(H2,12,17)(H,13,16). The van der Waals surface area contributed by atoms with E-state index in [0.29, 0.717) is 13.1 Å². The Kier molecular flexibility index (Phi) is 4.89. The van der Waals surface area contributed by atoms with Crippen molar-refractivity contribution in [3.63, 3.8) is 0 Å². The van der Waals surface area contributed by atoms with Crippen molar-refractivity contribution in [3.05, 3.63) is 0 Å². The molecule has 0 saturated carbocycles. The van der Waals surface area contributed by atoms with E-state index in [-0.39, 0.29) is 24.4 Å². The number of aliphatic hydroxyl groups excluding tert-OH is 1. The molecule has 0 aromatic carbocycles. The van der Waals surface area contributed by atoms with Gasteiger partial charge in [0.2, 0.25) is 11.8 Å². The lowest BCUT2D eigenvalue weighted by atomic mass is 9.90. The minimum Gasteiger partial charge on any atom is -0.393 e. The predicted molar refractivity (Wildman–Crippen MR) is 63.0 cm³/mol. The zero-order valence-electron chi connectivity index (χ0n) is 10.3. The van der Waals surface area contributed by atoms with Crippen LogP contribution < -0.4 is 11.1 Å². The molecule has 0 bridgehead atoms. The molecule has 1 heterocycles. The molecule has 0 aromatic rings. The van der Waals surface area contributed by atoms with Gasteiger partial charge in [0.1, 0.15) is 0 Å². The van der Waals surface area contributed by atoms with Crippen LogP contribution in [0.5, 0.6) is 0 Å². The highest BCUT2D eigenvalue weighted by atomic mass is 16.3. The zero-order chi connectivity index (χ0) is 13.0. The molecule has 0 aromatic heterocycles. The molecule has 2 amide bonds. The van der Waals surface area contributed by atoms with Gasteiger partial charge < -0.3 is 16.2 Å². The van der Waals surface area contributed by atoms with Crippen LogP contribution in [0.1, 0.15) is 20.3 Å². The van der Waals surface area contributed by atoms with Crippen LogP contribution in [0.2, 0.25) is 0 Å². The first-order valence-electron chi connectivity index (χ1n) is 5.84. The molecule has 0 radical (unpaired) electrons. The van der Waals surface area contributed by atoms with E-state index in [2.05, 4.69) is 5.32 Å². The summed E-state index contributed by atoms with van der Waals surface area (Å²) in [7, 11) is 0. The molecule has 98 valence electrons. The lowest BCUT2D eigenvalue weighted by Crippen LogP contribution is -2.53. The molecular formula is C11H21N3O3. The number of aliphatic hydroxyl groups is 1. The van der Waals surface area contributed by atoms with Gasteiger partial charge in [-0.1, -0.05) is 0 Å². The molecule has 1 fully saturated rings. The van der Waals surface area contributed by atoms with E-state index in [9.17, 15) is 14.7 Å². The Morgan fingerprint density at radius 3 is 2.65 bits per heavy atom. The van der Waals surface area contributed by atoms with Crippen LogP contribution >= 0.6 is 0 Å². The largest absolute Gasteiger partial charge is 0.393 e. The van der Waals surface area contributed by atoms with Gasteiger partial charge in [-0.25, -0.2) is 0 Å². The minimum absolute atomic E-state index is 0.0276. The number of likely N-dealkylation sites (tertiary alicyclic amines) is 1. The van der Waals surface area contributed by atoms with E-state index in [1.165, 1.54) is 6.92 Å². The highest BCUT2D eigenvalue weighted by Crippen LogP contribution is 2.20. The summed E-state index contributed by atoms with van der Waals surface area (Å²) in [5, 5.41) is 12.5. The highest BCUT2D eigenvalue weighted by molar-refractivity contribution is 5.76. The van der Waals surface area contributed by atoms with Crippen LogP contribution in [0, 0.1) is 5.92 Å². The van der Waals surface area contributed by atoms with Gasteiger partial charge in [-0.15, -0.1) is 0 Å². The number of piperidine rings is 1. The van der Waals surface area contributed by atoms with E-state index in [1.807, 2.05) is 4.90 Å². The molecule has 17 heavy (non-hydrogen) atoms. The van der Waals surface area contributed by atoms with Gasteiger partial charge in [-0.05, 0) is 19.3 Å². The molecule has 6 heteroatoms. The van der Waals surface area contributed by atoms with Gasteiger partial charge >= 0.3 is 0 Å². The van der Waals surface area contributed by atoms with E-state index in [4.69, 9.17) is 5.73 Å². The molecule has 1 rings (SSSR count). The van der Waals surface area contributed by atoms with E-state index >= 15 is 0 Å². The molecule has 6 nitrogen and oxygen atoms in total. The smallest absolute Gasteiger partial charge is 0.231 e. The van der Waals surface area contributed by atoms with E-state index < -0.39 is 12.0 Å². The minimum atomic E-state index is -0.457. The fraction of sp³-hybridized carbons (Fsp3) is 0.818. The van der Waals surface area contributed by atoms with Crippen LogP contribution in [0.25, 0.3) is 0 Å². The lowest BCUT2D eigenvalue weighted by molar-refractivity contribution is -0.121. The number of carbonyl (C=O) groups is 2. The lowest BCUT2D eigenvalue weighted by Gasteiger charge is -2.38. The normalized spacial score (nSPS) is 27.5. The number of hydrogen-bond acceptors (Lipinski definition) is 4. The van der Waals surface area contributed by atoms with Gasteiger partial charge in [0.15, 0.2) is 0 Å². The van der Waals surface area contributed by atoms with Crippen LogP contribution in [-0.4, -0.2) is 53.6 Å². The first kappa shape index (κ1) is 13.9. The van der Waals surface area contributed by atoms with Crippen LogP contribution in [0.15, 0.2) is 0 Å². The summed E-state index contributed by atoms with van der Waals surface area (Å²) in [6, 6.07) is -0.0276. The van der Waals surface area contributed by atoms with Gasteiger partial charge in [0, 0.05) is 26.1 Å². The molecule has 1 saturated heterocycles. The molecule has 0 spiro atoms. The summed E-state index contributed by atoms with van der Waals surface area (Å²) in [6.45, 7) is 4.59. The predicted octanol–water partition coefficient (Wildman–Crippen LogP) is -1.32. The van der Waals surface area contributed by atoms with Crippen molar-refractivity contribution in [2.45, 2.75) is 32.4 Å². The second kappa shape index (κ2) is 5.97. The number of amides is 2. The Labute approximate surface area is 101 Å². The van der Waals surface area contributed by atoms with Gasteiger partial charge in [0.05, 0.1) is 12.6 Å². The highest BCUT2D eigenvalue weighted by Gasteiger charge is 2.30. The maximum absolute atomic E-state index is 11.0. The molecule has 0 aliphatic carbocycles. The van der Waals surface area contributed by atoms with Gasteiger partial charge in [-0.2, -0.15) is 0 Å². The Balaban J connectivity index is 2.61. The zero-order valence-corrected chi connectivity index (χ0v) is 10.3. The maximum Gasteiger partial charge on any atom is 0.231 e. The Bertz CT molecular complexity index is 270. The SMILES string of the molecule is CC(=O)NC1CC(C(C)O)CN(CC(N)=O)C1. The van der Waals surface area contributed by atoms with Gasteiger partial charge in [-0.3, -0.25) is 14.5 Å². The fourth-order valence-electron chi connectivity index (χ4n) is 2.32. The topological polar surface area (TPSA) is 95.7 Å². The molecule has 4 N–H and O–H groups in total. The number of nitrogens with one attached hydrogen (secondary N) is 1. The summed E-state index contributed by atoms with van der Waals surface area (Å²) in [6.07, 6.45) is 0.272. The summed E-state index contributed by atoms with van der Waals surface area (Å²) < 4.78 is 0. The molecule has 3 atom stereocenters. The average molecular weight is 243 g/mol. The van der Waals surface area contributed by atoms with Gasteiger partial charge in [0.25, 0.3) is 0 Å². The third-order valence-electron chi connectivity index (χ3n) is 3.03. The number of hydrogen-bond donors (Lipinski definition) is 3. The van der Waals surface area contributed by atoms with E-state index in [0.717, 1.165) is 6.42 Å². The third-order valence-corrected chi connectivity index (χ3v) is 3.03. The van der Waals surface area contributed by atoms with Crippen molar-refractivity contribution in [3.8, 4) is 0 Å². The first-order chi connectivity index (χ1) is 7.88. The van der Waals surface area contributed by atoms with Crippen molar-refractivity contribution >= 4 is 11.8 Å². The number of rotatable bonds is 4. The van der Waals surface area contributed by atoms with Crippen LogP contribution in [0.3, 0.4) is 0 Å². The van der Waals surface area contributed by atoms with Crippen molar-refractivity contribution in [2.75, 3.05) is 19.6 Å². The second-order valence-corrected chi connectivity index (χ2v) is 4.79. The van der Waals surface area contributed by atoms with Crippen LogP contribution in [0.4, 0.5) is 0 Å². The van der Waals surface area contributed by atoms with Crippen molar-refractivity contribution in [1.82, 2.24) is 10.2 Å². The second-order valence-electron chi connectivity index (χ2n) is 4.79. The molecule has 1 aliphatic rings. The average Bonchev–Trinajstić information content (AvgIpc) is 2.14. The number of nitrogens with zero attached hydrogens (tertiary/aromatic N) is 1. The van der Waals surface area contributed by atoms with Crippen LogP contribution in [-0.2, 0) is 9.59 Å². The monoisotopic (exact) mass is 243 g/mol. The number of nitrogens with two attached hydrogens (primary N) is 1. The Morgan fingerprint density at radius 1 is 1.53 bits per heavy atom. The Morgan fingerprint density at radius 2 is 2.18 bits per heavy atom. The third kappa shape index (κ3) is 4.70. The summed E-state index contributed by atoms with van der Waals surface area (Å²) in [4.78, 5) is 23.8. The molecular weight excluding hydrogens is 222 g/mol. The number of carbonyl (C=O) groups excluding carboxylic acids is 2. The van der Waals surface area contributed by atoms with E-state index in [1.54, 1.807) is 6.92 Å². The number of primary amides is 1. The summed E-state index contributed by atoms with van der Waals surface area (Å²) in [5.41, 5.74) is 5.16. The fourth-order valence-corrected chi connectivity index (χ4v) is 2.32. The maximum atomic E-state index is 11.0. The van der Waals surface area contributed by atoms with Crippen molar-refractivity contribution in [2.24, 2.45) is 11.7 Å².